The van der Waals surface area contributed by atoms with Crippen molar-refractivity contribution in [2.24, 2.45) is 0 Å². The van der Waals surface area contributed by atoms with Gasteiger partial charge in [0.1, 0.15) is 18.9 Å². The highest BCUT2D eigenvalue weighted by molar-refractivity contribution is 5.86. The lowest BCUT2D eigenvalue weighted by atomic mass is 10.1. The number of likely N-dealkylation sites (tertiary alicyclic amines) is 1. The fourth-order valence-electron chi connectivity index (χ4n) is 2.99. The predicted molar refractivity (Wildman–Crippen MR) is 91.6 cm³/mol. The van der Waals surface area contributed by atoms with E-state index < -0.39 is 12.1 Å². The molecular formula is C17H22F3N3O6. The van der Waals surface area contributed by atoms with Crippen LogP contribution in [0.25, 0.3) is 0 Å². The second kappa shape index (κ2) is 9.27. The first-order chi connectivity index (χ1) is 13.5. The Morgan fingerprint density at radius 2 is 1.97 bits per heavy atom. The molecule has 2 atom stereocenters. The van der Waals surface area contributed by atoms with Gasteiger partial charge in [0.2, 0.25) is 11.8 Å². The first-order valence-electron chi connectivity index (χ1n) is 8.65. The molecule has 3 heterocycles. The van der Waals surface area contributed by atoms with Crippen LogP contribution in [-0.2, 0) is 25.7 Å². The van der Waals surface area contributed by atoms with Crippen molar-refractivity contribution in [1.82, 2.24) is 14.7 Å². The molecule has 0 saturated carbocycles. The fraction of sp³-hybridized carbons (Fsp3) is 0.588. The van der Waals surface area contributed by atoms with Gasteiger partial charge in [-0.3, -0.25) is 14.5 Å². The van der Waals surface area contributed by atoms with Gasteiger partial charge in [0, 0.05) is 27.2 Å². The average molecular weight is 421 g/mol. The number of halogens is 3. The van der Waals surface area contributed by atoms with E-state index in [9.17, 15) is 22.8 Å². The minimum absolute atomic E-state index is 0.0392. The molecule has 3 rings (SSSR count). The average Bonchev–Trinajstić information content (AvgIpc) is 3.26. The molecule has 1 aromatic rings. The minimum atomic E-state index is -5.08. The summed E-state index contributed by atoms with van der Waals surface area (Å²) in [5.74, 6) is -2.05. The maximum absolute atomic E-state index is 12.1. The summed E-state index contributed by atoms with van der Waals surface area (Å²) < 4.78 is 42.8. The van der Waals surface area contributed by atoms with Gasteiger partial charge in [-0.05, 0) is 12.1 Å². The van der Waals surface area contributed by atoms with E-state index in [1.165, 1.54) is 4.90 Å². The van der Waals surface area contributed by atoms with E-state index in [1.54, 1.807) is 25.3 Å². The Morgan fingerprint density at radius 3 is 2.48 bits per heavy atom. The number of morpholine rings is 1. The van der Waals surface area contributed by atoms with Crippen LogP contribution >= 0.6 is 0 Å². The second-order valence-corrected chi connectivity index (χ2v) is 6.80. The highest BCUT2D eigenvalue weighted by atomic mass is 19.4. The zero-order valence-corrected chi connectivity index (χ0v) is 15.9. The van der Waals surface area contributed by atoms with Crippen molar-refractivity contribution in [2.45, 2.75) is 24.9 Å². The molecular weight excluding hydrogens is 399 g/mol. The third-order valence-corrected chi connectivity index (χ3v) is 4.46. The van der Waals surface area contributed by atoms with E-state index in [4.69, 9.17) is 19.1 Å². The molecule has 2 aliphatic heterocycles. The van der Waals surface area contributed by atoms with Crippen molar-refractivity contribution in [3.63, 3.8) is 0 Å². The number of rotatable bonds is 4. The molecule has 0 aromatic carbocycles. The van der Waals surface area contributed by atoms with Crippen LogP contribution in [0.4, 0.5) is 13.2 Å². The van der Waals surface area contributed by atoms with Gasteiger partial charge >= 0.3 is 12.1 Å². The zero-order valence-electron chi connectivity index (χ0n) is 15.9. The first-order valence-corrected chi connectivity index (χ1v) is 8.65. The topological polar surface area (TPSA) is 104 Å². The summed E-state index contributed by atoms with van der Waals surface area (Å²) in [6.45, 7) is 2.29. The number of aliphatic carboxylic acids is 1. The van der Waals surface area contributed by atoms with E-state index in [2.05, 4.69) is 4.90 Å². The van der Waals surface area contributed by atoms with Crippen molar-refractivity contribution in [3.8, 4) is 0 Å². The Bertz CT molecular complexity index is 722. The number of fused-ring (bicyclic) bond motifs is 1. The van der Waals surface area contributed by atoms with Crippen LogP contribution < -0.4 is 0 Å². The first kappa shape index (κ1) is 22.7. The van der Waals surface area contributed by atoms with Gasteiger partial charge in [-0.2, -0.15) is 13.2 Å². The molecule has 1 aromatic heterocycles. The van der Waals surface area contributed by atoms with Gasteiger partial charge in [-0.25, -0.2) is 4.79 Å². The molecule has 2 aliphatic rings. The van der Waals surface area contributed by atoms with Crippen LogP contribution in [0.5, 0.6) is 0 Å². The van der Waals surface area contributed by atoms with Crippen LogP contribution in [0.1, 0.15) is 5.76 Å². The number of likely N-dealkylation sites (N-methyl/N-ethyl adjacent to an activating group) is 1. The number of hydrogen-bond acceptors (Lipinski definition) is 6. The Labute approximate surface area is 164 Å². The Kier molecular flexibility index (Phi) is 7.25. The Balaban J connectivity index is 0.000000370. The van der Waals surface area contributed by atoms with Crippen LogP contribution in [0, 0.1) is 0 Å². The molecule has 0 aliphatic carbocycles. The number of furan rings is 1. The third kappa shape index (κ3) is 6.19. The number of carbonyl (C=O) groups is 3. The molecule has 0 bridgehead atoms. The van der Waals surface area contributed by atoms with Crippen LogP contribution in [0.15, 0.2) is 22.8 Å². The highest BCUT2D eigenvalue weighted by Gasteiger charge is 2.44. The number of hydrogen-bond donors (Lipinski definition) is 1. The molecule has 162 valence electrons. The standard InChI is InChI=1S/C15H21N3O4.C2HF3O2/c1-16(2)14(19)9-18-12-7-17(6-11-4-3-5-21-11)8-13(12)22-10-15(18)20;3-2(4,5)1(6)7/h3-5,12-13H,6-10H2,1-2H3;(H,6,7)/t12-,13-;/m1./s1. The number of carboxylic acid groups (broad SMARTS) is 1. The maximum Gasteiger partial charge on any atom is 0.490 e. The van der Waals surface area contributed by atoms with Crippen LogP contribution in [0.3, 0.4) is 0 Å². The zero-order chi connectivity index (χ0) is 21.8. The van der Waals surface area contributed by atoms with Crippen molar-refractivity contribution in [2.75, 3.05) is 40.3 Å². The normalized spacial score (nSPS) is 22.0. The molecule has 2 amide bonds. The van der Waals surface area contributed by atoms with Crippen molar-refractivity contribution >= 4 is 17.8 Å². The molecule has 9 nitrogen and oxygen atoms in total. The number of nitrogens with zero attached hydrogens (tertiary/aromatic N) is 3. The number of carbonyl (C=O) groups excluding carboxylic acids is 2. The van der Waals surface area contributed by atoms with Crippen molar-refractivity contribution in [3.05, 3.63) is 24.2 Å². The number of ether oxygens (including phenoxy) is 1. The molecule has 29 heavy (non-hydrogen) atoms. The maximum atomic E-state index is 12.1. The van der Waals surface area contributed by atoms with Gasteiger partial charge in [-0.15, -0.1) is 0 Å². The lowest BCUT2D eigenvalue weighted by Gasteiger charge is -2.36. The summed E-state index contributed by atoms with van der Waals surface area (Å²) >= 11 is 0. The summed E-state index contributed by atoms with van der Waals surface area (Å²) in [5.41, 5.74) is 0. The largest absolute Gasteiger partial charge is 0.490 e. The molecule has 0 radical (unpaired) electrons. The van der Waals surface area contributed by atoms with Gasteiger partial charge in [0.15, 0.2) is 0 Å². The lowest BCUT2D eigenvalue weighted by Crippen LogP contribution is -2.56. The molecule has 0 spiro atoms. The summed E-state index contributed by atoms with van der Waals surface area (Å²) in [5, 5.41) is 7.12. The van der Waals surface area contributed by atoms with Crippen LogP contribution in [0.2, 0.25) is 0 Å². The lowest BCUT2D eigenvalue weighted by molar-refractivity contribution is -0.192. The SMILES string of the molecule is CN(C)C(=O)CN1C(=O)CO[C@@H]2CN(Cc3ccco3)C[C@H]21.O=C(O)C(F)(F)F. The fourth-order valence-corrected chi connectivity index (χ4v) is 2.99. The van der Waals surface area contributed by atoms with E-state index >= 15 is 0 Å². The predicted octanol–water partition coefficient (Wildman–Crippen LogP) is 0.413. The molecule has 2 saturated heterocycles. The minimum Gasteiger partial charge on any atom is -0.475 e. The summed E-state index contributed by atoms with van der Waals surface area (Å²) in [6, 6.07) is 3.72. The van der Waals surface area contributed by atoms with Gasteiger partial charge in [0.25, 0.3) is 0 Å². The second-order valence-electron chi connectivity index (χ2n) is 6.80. The Hall–Kier alpha value is -2.60. The van der Waals surface area contributed by atoms with E-state index in [0.29, 0.717) is 13.1 Å². The highest BCUT2D eigenvalue weighted by Crippen LogP contribution is 2.25. The summed E-state index contributed by atoms with van der Waals surface area (Å²) in [7, 11) is 3.39. The molecule has 0 unspecified atom stereocenters. The van der Waals surface area contributed by atoms with Gasteiger partial charge in [0.05, 0.1) is 25.0 Å². The quantitative estimate of drug-likeness (QED) is 0.751. The van der Waals surface area contributed by atoms with E-state index in [0.717, 1.165) is 12.3 Å². The molecule has 2 fully saturated rings. The number of amides is 2. The van der Waals surface area contributed by atoms with Crippen molar-refractivity contribution < 1.29 is 41.8 Å². The Morgan fingerprint density at radius 1 is 1.31 bits per heavy atom. The van der Waals surface area contributed by atoms with Crippen molar-refractivity contribution in [1.29, 1.82) is 0 Å². The molecule has 12 heteroatoms. The third-order valence-electron chi connectivity index (χ3n) is 4.46. The van der Waals surface area contributed by atoms with E-state index in [1.807, 2.05) is 12.1 Å². The van der Waals surface area contributed by atoms with Gasteiger partial charge < -0.3 is 24.1 Å². The smallest absolute Gasteiger partial charge is 0.475 e. The summed E-state index contributed by atoms with van der Waals surface area (Å²) in [4.78, 5) is 38.3. The molecule has 1 N–H and O–H groups in total. The monoisotopic (exact) mass is 421 g/mol. The van der Waals surface area contributed by atoms with Crippen LogP contribution in [-0.4, -0.2) is 96.2 Å². The number of carboxylic acids is 1. The number of alkyl halides is 3. The van der Waals surface area contributed by atoms with E-state index in [-0.39, 0.29) is 37.1 Å². The summed E-state index contributed by atoms with van der Waals surface area (Å²) in [6.07, 6.45) is -3.47. The van der Waals surface area contributed by atoms with Gasteiger partial charge in [-0.1, -0.05) is 0 Å².